The molecule has 1 N–H and O–H groups in total. The standard InChI is InChI=1S/C11H11ClN4O3/c1-2-7(3-4-13)15-11(17)8-5-10(12)14-6-9(8)16(18)19/h5-7H,2-3H2,1H3,(H,15,17). The first-order chi connectivity index (χ1) is 8.99. The first-order valence-corrected chi connectivity index (χ1v) is 5.85. The van der Waals surface area contributed by atoms with E-state index in [-0.39, 0.29) is 23.2 Å². The minimum atomic E-state index is -0.705. The number of amides is 1. The molecule has 0 aliphatic carbocycles. The summed E-state index contributed by atoms with van der Waals surface area (Å²) in [6.07, 6.45) is 1.61. The first-order valence-electron chi connectivity index (χ1n) is 5.47. The van der Waals surface area contributed by atoms with E-state index in [1.807, 2.05) is 6.07 Å². The molecule has 1 unspecified atom stereocenters. The zero-order valence-corrected chi connectivity index (χ0v) is 10.8. The third kappa shape index (κ3) is 3.89. The molecule has 0 fully saturated rings. The third-order valence-corrected chi connectivity index (χ3v) is 2.66. The van der Waals surface area contributed by atoms with Crippen molar-refractivity contribution in [1.29, 1.82) is 5.26 Å². The molecule has 0 spiro atoms. The van der Waals surface area contributed by atoms with Crippen molar-refractivity contribution in [3.8, 4) is 6.07 Å². The monoisotopic (exact) mass is 282 g/mol. The molecule has 0 radical (unpaired) electrons. The lowest BCUT2D eigenvalue weighted by molar-refractivity contribution is -0.385. The number of pyridine rings is 1. The van der Waals surface area contributed by atoms with Crippen LogP contribution in [0.4, 0.5) is 5.69 Å². The van der Waals surface area contributed by atoms with Crippen molar-refractivity contribution in [1.82, 2.24) is 10.3 Å². The zero-order chi connectivity index (χ0) is 14.4. The van der Waals surface area contributed by atoms with Gasteiger partial charge in [-0.05, 0) is 12.5 Å². The Bertz CT molecular complexity index is 541. The van der Waals surface area contributed by atoms with Crippen LogP contribution in [-0.4, -0.2) is 21.9 Å². The van der Waals surface area contributed by atoms with Crippen molar-refractivity contribution in [3.05, 3.63) is 33.1 Å². The van der Waals surface area contributed by atoms with Gasteiger partial charge >= 0.3 is 0 Å². The highest BCUT2D eigenvalue weighted by atomic mass is 35.5. The largest absolute Gasteiger partial charge is 0.348 e. The Hall–Kier alpha value is -2.20. The van der Waals surface area contributed by atoms with Crippen molar-refractivity contribution in [2.75, 3.05) is 0 Å². The second kappa shape index (κ2) is 6.66. The van der Waals surface area contributed by atoms with Gasteiger partial charge in [-0.25, -0.2) is 4.98 Å². The second-order valence-electron chi connectivity index (χ2n) is 3.72. The molecule has 8 heteroatoms. The second-order valence-corrected chi connectivity index (χ2v) is 4.11. The molecule has 1 amide bonds. The minimum Gasteiger partial charge on any atom is -0.348 e. The number of hydrogen-bond acceptors (Lipinski definition) is 5. The van der Waals surface area contributed by atoms with E-state index in [4.69, 9.17) is 16.9 Å². The lowest BCUT2D eigenvalue weighted by Gasteiger charge is -2.13. The normalized spacial score (nSPS) is 11.4. The molecule has 1 aromatic heterocycles. The lowest BCUT2D eigenvalue weighted by Crippen LogP contribution is -2.34. The van der Waals surface area contributed by atoms with Crippen LogP contribution in [0.15, 0.2) is 12.3 Å². The average molecular weight is 283 g/mol. The van der Waals surface area contributed by atoms with Crippen LogP contribution in [0.1, 0.15) is 30.1 Å². The smallest absolute Gasteiger partial charge is 0.300 e. The Kier molecular flexibility index (Phi) is 5.21. The topological polar surface area (TPSA) is 109 Å². The van der Waals surface area contributed by atoms with E-state index in [2.05, 4.69) is 10.3 Å². The molecule has 1 aromatic rings. The number of nitrogens with one attached hydrogen (secondary N) is 1. The Balaban J connectivity index is 3.02. The van der Waals surface area contributed by atoms with Crippen molar-refractivity contribution in [2.45, 2.75) is 25.8 Å². The summed E-state index contributed by atoms with van der Waals surface area (Å²) in [4.78, 5) is 25.6. The highest BCUT2D eigenvalue weighted by molar-refractivity contribution is 6.29. The molecular weight excluding hydrogens is 272 g/mol. The molecule has 1 heterocycles. The third-order valence-electron chi connectivity index (χ3n) is 2.46. The van der Waals surface area contributed by atoms with Crippen LogP contribution in [0.2, 0.25) is 5.15 Å². The SMILES string of the molecule is CCC(CC#N)NC(=O)c1cc(Cl)ncc1[N+](=O)[O-]. The Morgan fingerprint density at radius 3 is 2.95 bits per heavy atom. The van der Waals surface area contributed by atoms with Gasteiger partial charge in [0.1, 0.15) is 16.9 Å². The van der Waals surface area contributed by atoms with Crippen LogP contribution in [0.5, 0.6) is 0 Å². The summed E-state index contributed by atoms with van der Waals surface area (Å²) in [6, 6.07) is 2.71. The maximum Gasteiger partial charge on any atom is 0.300 e. The summed E-state index contributed by atoms with van der Waals surface area (Å²) in [5.41, 5.74) is -0.588. The van der Waals surface area contributed by atoms with Gasteiger partial charge in [-0.2, -0.15) is 5.26 Å². The van der Waals surface area contributed by atoms with Crippen molar-refractivity contribution >= 4 is 23.2 Å². The van der Waals surface area contributed by atoms with Gasteiger partial charge in [0, 0.05) is 6.04 Å². The van der Waals surface area contributed by atoms with E-state index in [0.29, 0.717) is 6.42 Å². The van der Waals surface area contributed by atoms with Gasteiger partial charge in [0.25, 0.3) is 11.6 Å². The number of hydrogen-bond donors (Lipinski definition) is 1. The van der Waals surface area contributed by atoms with Gasteiger partial charge in [0.05, 0.1) is 17.4 Å². The van der Waals surface area contributed by atoms with Crippen molar-refractivity contribution < 1.29 is 9.72 Å². The van der Waals surface area contributed by atoms with Gasteiger partial charge in [-0.1, -0.05) is 18.5 Å². The van der Waals surface area contributed by atoms with Crippen molar-refractivity contribution in [2.24, 2.45) is 0 Å². The summed E-state index contributed by atoms with van der Waals surface area (Å²) >= 11 is 5.63. The Labute approximate surface area is 114 Å². The van der Waals surface area contributed by atoms with Crippen LogP contribution < -0.4 is 5.32 Å². The zero-order valence-electron chi connectivity index (χ0n) is 10.1. The fraction of sp³-hybridized carbons (Fsp3) is 0.364. The summed E-state index contributed by atoms with van der Waals surface area (Å²) in [5.74, 6) is -0.641. The summed E-state index contributed by atoms with van der Waals surface area (Å²) in [5, 5.41) is 22.0. The highest BCUT2D eigenvalue weighted by Crippen LogP contribution is 2.20. The average Bonchev–Trinajstić information content (AvgIpc) is 2.37. The molecule has 0 bridgehead atoms. The van der Waals surface area contributed by atoms with Crippen LogP contribution in [0.25, 0.3) is 0 Å². The van der Waals surface area contributed by atoms with Crippen molar-refractivity contribution in [3.63, 3.8) is 0 Å². The maximum atomic E-state index is 12.0. The van der Waals surface area contributed by atoms with Gasteiger partial charge in [-0.15, -0.1) is 0 Å². The van der Waals surface area contributed by atoms with Gasteiger partial charge in [0.15, 0.2) is 0 Å². The number of aromatic nitrogens is 1. The number of halogens is 1. The van der Waals surface area contributed by atoms with Crippen LogP contribution in [0, 0.1) is 21.4 Å². The lowest BCUT2D eigenvalue weighted by atomic mass is 10.1. The molecule has 19 heavy (non-hydrogen) atoms. The van der Waals surface area contributed by atoms with Crippen LogP contribution >= 0.6 is 11.6 Å². The summed E-state index contributed by atoms with van der Waals surface area (Å²) < 4.78 is 0. The quantitative estimate of drug-likeness (QED) is 0.505. The van der Waals surface area contributed by atoms with E-state index in [0.717, 1.165) is 12.3 Å². The number of nitro groups is 1. The molecule has 100 valence electrons. The van der Waals surface area contributed by atoms with Gasteiger partial charge in [0.2, 0.25) is 0 Å². The number of carbonyl (C=O) groups excluding carboxylic acids is 1. The maximum absolute atomic E-state index is 12.0. The molecule has 1 atom stereocenters. The Morgan fingerprint density at radius 1 is 1.74 bits per heavy atom. The number of nitrogens with zero attached hydrogens (tertiary/aromatic N) is 3. The first kappa shape index (κ1) is 14.9. The van der Waals surface area contributed by atoms with E-state index < -0.39 is 16.5 Å². The Morgan fingerprint density at radius 2 is 2.42 bits per heavy atom. The fourth-order valence-electron chi connectivity index (χ4n) is 1.42. The molecular formula is C11H11ClN4O3. The highest BCUT2D eigenvalue weighted by Gasteiger charge is 2.23. The van der Waals surface area contributed by atoms with Crippen LogP contribution in [0.3, 0.4) is 0 Å². The summed E-state index contributed by atoms with van der Waals surface area (Å²) in [7, 11) is 0. The molecule has 1 rings (SSSR count). The van der Waals surface area contributed by atoms with E-state index >= 15 is 0 Å². The number of nitriles is 1. The fourth-order valence-corrected chi connectivity index (χ4v) is 1.58. The summed E-state index contributed by atoms with van der Waals surface area (Å²) in [6.45, 7) is 1.80. The van der Waals surface area contributed by atoms with E-state index in [9.17, 15) is 14.9 Å². The van der Waals surface area contributed by atoms with E-state index in [1.54, 1.807) is 6.92 Å². The predicted octanol–water partition coefficient (Wildman–Crippen LogP) is 2.07. The predicted molar refractivity (Wildman–Crippen MR) is 67.7 cm³/mol. The number of rotatable bonds is 5. The number of carbonyl (C=O) groups is 1. The molecule has 7 nitrogen and oxygen atoms in total. The molecule has 0 aromatic carbocycles. The molecule has 0 aliphatic heterocycles. The molecule has 0 aliphatic rings. The molecule has 0 saturated carbocycles. The van der Waals surface area contributed by atoms with Gasteiger partial charge < -0.3 is 5.32 Å². The van der Waals surface area contributed by atoms with E-state index in [1.165, 1.54) is 0 Å². The van der Waals surface area contributed by atoms with Gasteiger partial charge in [-0.3, -0.25) is 14.9 Å². The minimum absolute atomic E-state index is 0.0101. The molecule has 0 saturated heterocycles. The van der Waals surface area contributed by atoms with Crippen LogP contribution in [-0.2, 0) is 0 Å².